The lowest BCUT2D eigenvalue weighted by molar-refractivity contribution is -0.275. The molecule has 1 N–H and O–H groups in total. The summed E-state index contributed by atoms with van der Waals surface area (Å²) < 4.78 is 67.4. The monoisotopic (exact) mass is 258 g/mol. The molecular formula is C9H7F5O3. The van der Waals surface area contributed by atoms with E-state index in [0.29, 0.717) is 0 Å². The van der Waals surface area contributed by atoms with Crippen LogP contribution in [0.2, 0.25) is 0 Å². The number of halogens is 5. The first-order valence-corrected chi connectivity index (χ1v) is 4.27. The number of aliphatic hydroxyl groups excluding tert-OH is 1. The van der Waals surface area contributed by atoms with Crippen molar-refractivity contribution in [2.45, 2.75) is 19.6 Å². The Bertz CT molecular complexity index is 377. The van der Waals surface area contributed by atoms with E-state index in [4.69, 9.17) is 5.11 Å². The first kappa shape index (κ1) is 13.5. The van der Waals surface area contributed by atoms with E-state index in [1.807, 2.05) is 0 Å². The standard InChI is InChI=1S/C9H7F5O3/c10-8(11)16-6-3-1-2-5(4-15)7(6)17-9(12,13)14/h1-3,8,15H,4H2. The predicted molar refractivity (Wildman–Crippen MR) is 45.7 cm³/mol. The Labute approximate surface area is 92.4 Å². The van der Waals surface area contributed by atoms with Gasteiger partial charge in [0, 0.05) is 5.56 Å². The van der Waals surface area contributed by atoms with Crippen LogP contribution in [0, 0.1) is 0 Å². The van der Waals surface area contributed by atoms with Gasteiger partial charge in [-0.3, -0.25) is 0 Å². The first-order chi connectivity index (χ1) is 7.83. The van der Waals surface area contributed by atoms with Crippen molar-refractivity contribution in [3.63, 3.8) is 0 Å². The van der Waals surface area contributed by atoms with Gasteiger partial charge in [-0.15, -0.1) is 13.2 Å². The number of para-hydroxylation sites is 1. The fourth-order valence-corrected chi connectivity index (χ4v) is 1.11. The van der Waals surface area contributed by atoms with E-state index in [1.54, 1.807) is 0 Å². The highest BCUT2D eigenvalue weighted by Crippen LogP contribution is 2.36. The van der Waals surface area contributed by atoms with E-state index in [1.165, 1.54) is 0 Å². The molecule has 0 atom stereocenters. The molecule has 0 unspecified atom stereocenters. The van der Waals surface area contributed by atoms with Gasteiger partial charge in [0.1, 0.15) is 0 Å². The Kier molecular flexibility index (Phi) is 4.11. The van der Waals surface area contributed by atoms with Crippen molar-refractivity contribution < 1.29 is 36.5 Å². The third-order valence-electron chi connectivity index (χ3n) is 1.66. The molecule has 0 aromatic heterocycles. The second-order valence-corrected chi connectivity index (χ2v) is 2.83. The van der Waals surface area contributed by atoms with Crippen LogP contribution in [0.1, 0.15) is 5.56 Å². The molecule has 1 aromatic rings. The minimum Gasteiger partial charge on any atom is -0.431 e. The Morgan fingerprint density at radius 1 is 1.24 bits per heavy atom. The number of alkyl halides is 5. The molecule has 3 nitrogen and oxygen atoms in total. The van der Waals surface area contributed by atoms with Crippen LogP contribution in [0.3, 0.4) is 0 Å². The lowest BCUT2D eigenvalue weighted by atomic mass is 10.2. The van der Waals surface area contributed by atoms with Crippen molar-refractivity contribution in [1.29, 1.82) is 0 Å². The van der Waals surface area contributed by atoms with Gasteiger partial charge in [-0.25, -0.2) is 0 Å². The van der Waals surface area contributed by atoms with Gasteiger partial charge in [0.05, 0.1) is 6.61 Å². The molecule has 0 saturated heterocycles. The highest BCUT2D eigenvalue weighted by molar-refractivity contribution is 5.46. The Balaban J connectivity index is 3.11. The molecule has 17 heavy (non-hydrogen) atoms. The summed E-state index contributed by atoms with van der Waals surface area (Å²) in [6, 6.07) is 3.14. The van der Waals surface area contributed by atoms with Gasteiger partial charge in [0.2, 0.25) is 0 Å². The number of hydrogen-bond donors (Lipinski definition) is 1. The normalized spacial score (nSPS) is 11.7. The van der Waals surface area contributed by atoms with E-state index in [-0.39, 0.29) is 5.56 Å². The minimum absolute atomic E-state index is 0.305. The minimum atomic E-state index is -5.06. The van der Waals surface area contributed by atoms with Crippen LogP contribution in [-0.4, -0.2) is 18.1 Å². The molecule has 1 aromatic carbocycles. The summed E-state index contributed by atoms with van der Waals surface area (Å²) in [7, 11) is 0. The maximum absolute atomic E-state index is 12.0. The smallest absolute Gasteiger partial charge is 0.431 e. The molecule has 8 heteroatoms. The zero-order chi connectivity index (χ0) is 13.1. The summed E-state index contributed by atoms with van der Waals surface area (Å²) in [4.78, 5) is 0. The summed E-state index contributed by atoms with van der Waals surface area (Å²) >= 11 is 0. The van der Waals surface area contributed by atoms with Crippen molar-refractivity contribution in [3.8, 4) is 11.5 Å². The van der Waals surface area contributed by atoms with Crippen LogP contribution in [0.4, 0.5) is 22.0 Å². The van der Waals surface area contributed by atoms with Crippen LogP contribution in [0.5, 0.6) is 11.5 Å². The maximum atomic E-state index is 12.0. The van der Waals surface area contributed by atoms with Crippen molar-refractivity contribution in [2.75, 3.05) is 0 Å². The number of hydrogen-bond acceptors (Lipinski definition) is 3. The van der Waals surface area contributed by atoms with E-state index in [9.17, 15) is 22.0 Å². The lowest BCUT2D eigenvalue weighted by Gasteiger charge is -2.16. The van der Waals surface area contributed by atoms with Crippen molar-refractivity contribution in [1.82, 2.24) is 0 Å². The molecular weight excluding hydrogens is 251 g/mol. The third kappa shape index (κ3) is 4.06. The second-order valence-electron chi connectivity index (χ2n) is 2.83. The first-order valence-electron chi connectivity index (χ1n) is 4.27. The molecule has 0 radical (unpaired) electrons. The Hall–Kier alpha value is -1.57. The fourth-order valence-electron chi connectivity index (χ4n) is 1.11. The molecule has 1 rings (SSSR count). The fraction of sp³-hybridized carbons (Fsp3) is 0.333. The Morgan fingerprint density at radius 2 is 1.88 bits per heavy atom. The van der Waals surface area contributed by atoms with E-state index < -0.39 is 31.1 Å². The molecule has 0 aliphatic carbocycles. The molecule has 0 spiro atoms. The van der Waals surface area contributed by atoms with Crippen molar-refractivity contribution >= 4 is 0 Å². The number of benzene rings is 1. The van der Waals surface area contributed by atoms with Gasteiger partial charge in [-0.2, -0.15) is 8.78 Å². The number of aliphatic hydroxyl groups is 1. The predicted octanol–water partition coefficient (Wildman–Crippen LogP) is 2.68. The topological polar surface area (TPSA) is 38.7 Å². The van der Waals surface area contributed by atoms with E-state index in [0.717, 1.165) is 18.2 Å². The summed E-state index contributed by atoms with van der Waals surface area (Å²) in [5.74, 6) is -1.76. The summed E-state index contributed by atoms with van der Waals surface area (Å²) in [5.41, 5.74) is -0.305. The molecule has 0 saturated carbocycles. The van der Waals surface area contributed by atoms with Gasteiger partial charge in [-0.1, -0.05) is 12.1 Å². The van der Waals surface area contributed by atoms with Crippen LogP contribution < -0.4 is 9.47 Å². The van der Waals surface area contributed by atoms with Crippen LogP contribution >= 0.6 is 0 Å². The van der Waals surface area contributed by atoms with Crippen molar-refractivity contribution in [2.24, 2.45) is 0 Å². The number of ether oxygens (including phenoxy) is 2. The van der Waals surface area contributed by atoms with E-state index in [2.05, 4.69) is 9.47 Å². The maximum Gasteiger partial charge on any atom is 0.573 e. The second kappa shape index (κ2) is 5.17. The average molecular weight is 258 g/mol. The summed E-state index contributed by atoms with van der Waals surface area (Å²) in [5, 5.41) is 8.78. The highest BCUT2D eigenvalue weighted by Gasteiger charge is 2.34. The lowest BCUT2D eigenvalue weighted by Crippen LogP contribution is -2.19. The molecule has 96 valence electrons. The van der Waals surface area contributed by atoms with Crippen LogP contribution in [0.25, 0.3) is 0 Å². The molecule has 0 amide bonds. The summed E-state index contributed by atoms with van der Waals surface area (Å²) in [6.07, 6.45) is -5.06. The largest absolute Gasteiger partial charge is 0.573 e. The molecule has 0 fully saturated rings. The highest BCUT2D eigenvalue weighted by atomic mass is 19.4. The van der Waals surface area contributed by atoms with Gasteiger partial charge in [-0.05, 0) is 6.07 Å². The van der Waals surface area contributed by atoms with Gasteiger partial charge in [0.15, 0.2) is 11.5 Å². The average Bonchev–Trinajstić information content (AvgIpc) is 2.17. The van der Waals surface area contributed by atoms with E-state index >= 15 is 0 Å². The zero-order valence-corrected chi connectivity index (χ0v) is 8.17. The van der Waals surface area contributed by atoms with Gasteiger partial charge >= 0.3 is 13.0 Å². The Morgan fingerprint density at radius 3 is 2.35 bits per heavy atom. The van der Waals surface area contributed by atoms with Gasteiger partial charge in [0.25, 0.3) is 0 Å². The molecule has 0 aliphatic heterocycles. The molecule has 0 bridgehead atoms. The van der Waals surface area contributed by atoms with Crippen molar-refractivity contribution in [3.05, 3.63) is 23.8 Å². The molecule has 0 heterocycles. The summed E-state index contributed by atoms with van der Waals surface area (Å²) in [6.45, 7) is -4.09. The van der Waals surface area contributed by atoms with Gasteiger partial charge < -0.3 is 14.6 Å². The molecule has 0 aliphatic rings. The number of rotatable bonds is 4. The van der Waals surface area contributed by atoms with Crippen LogP contribution in [-0.2, 0) is 6.61 Å². The third-order valence-corrected chi connectivity index (χ3v) is 1.66. The van der Waals surface area contributed by atoms with Crippen LogP contribution in [0.15, 0.2) is 18.2 Å². The quantitative estimate of drug-likeness (QED) is 0.844. The SMILES string of the molecule is OCc1cccc(OC(F)F)c1OC(F)(F)F. The zero-order valence-electron chi connectivity index (χ0n) is 8.17.